The van der Waals surface area contributed by atoms with Crippen molar-refractivity contribution in [2.75, 3.05) is 13.2 Å². The van der Waals surface area contributed by atoms with Crippen LogP contribution < -0.4 is 9.46 Å². The van der Waals surface area contributed by atoms with Crippen LogP contribution >= 0.6 is 0 Å². The van der Waals surface area contributed by atoms with E-state index in [9.17, 15) is 13.5 Å². The fourth-order valence-electron chi connectivity index (χ4n) is 1.99. The van der Waals surface area contributed by atoms with Gasteiger partial charge in [-0.2, -0.15) is 0 Å². The maximum Gasteiger partial charge on any atom is 0.240 e. The van der Waals surface area contributed by atoms with Crippen molar-refractivity contribution >= 4 is 20.8 Å². The molecule has 0 heterocycles. The summed E-state index contributed by atoms with van der Waals surface area (Å²) in [6.45, 7) is 4.21. The van der Waals surface area contributed by atoms with E-state index in [0.29, 0.717) is 6.61 Å². The Kier molecular flexibility index (Phi) is 5.39. The number of ether oxygens (including phenoxy) is 1. The van der Waals surface area contributed by atoms with Gasteiger partial charge in [0, 0.05) is 6.54 Å². The number of sulfonamides is 1. The maximum atomic E-state index is 12.1. The standard InChI is InChI=1S/C16H21NO4S/c1-3-8-21-15-6-4-14-10-16(7-5-13(14)9-15)22(19,20)17-11-12(2)18/h4-7,9-10,12,17-18H,3,8,11H2,1-2H3. The van der Waals surface area contributed by atoms with Crippen molar-refractivity contribution in [3.63, 3.8) is 0 Å². The molecule has 120 valence electrons. The fraction of sp³-hybridized carbons (Fsp3) is 0.375. The van der Waals surface area contributed by atoms with Gasteiger partial charge in [0.25, 0.3) is 0 Å². The third kappa shape index (κ3) is 4.19. The first-order valence-electron chi connectivity index (χ1n) is 7.26. The second-order valence-electron chi connectivity index (χ2n) is 5.22. The van der Waals surface area contributed by atoms with Crippen LogP contribution in [0.4, 0.5) is 0 Å². The Morgan fingerprint density at radius 1 is 1.18 bits per heavy atom. The summed E-state index contributed by atoms with van der Waals surface area (Å²) < 4.78 is 32.2. The maximum absolute atomic E-state index is 12.1. The van der Waals surface area contributed by atoms with Gasteiger partial charge in [-0.25, -0.2) is 13.1 Å². The molecule has 0 aliphatic carbocycles. The second-order valence-corrected chi connectivity index (χ2v) is 6.99. The van der Waals surface area contributed by atoms with Crippen LogP contribution in [0.15, 0.2) is 41.3 Å². The highest BCUT2D eigenvalue weighted by molar-refractivity contribution is 7.89. The van der Waals surface area contributed by atoms with Crippen molar-refractivity contribution in [1.82, 2.24) is 4.72 Å². The van der Waals surface area contributed by atoms with Gasteiger partial charge in [-0.05, 0) is 48.4 Å². The highest BCUT2D eigenvalue weighted by Crippen LogP contribution is 2.24. The van der Waals surface area contributed by atoms with Gasteiger partial charge >= 0.3 is 0 Å². The quantitative estimate of drug-likeness (QED) is 0.820. The van der Waals surface area contributed by atoms with E-state index >= 15 is 0 Å². The molecule has 0 aromatic heterocycles. The molecule has 2 rings (SSSR count). The van der Waals surface area contributed by atoms with Crippen LogP contribution in [-0.4, -0.2) is 32.8 Å². The minimum absolute atomic E-state index is 0.00976. The first-order valence-corrected chi connectivity index (χ1v) is 8.75. The summed E-state index contributed by atoms with van der Waals surface area (Å²) in [5.41, 5.74) is 0. The monoisotopic (exact) mass is 323 g/mol. The summed E-state index contributed by atoms with van der Waals surface area (Å²) >= 11 is 0. The third-order valence-electron chi connectivity index (χ3n) is 3.14. The zero-order valence-electron chi connectivity index (χ0n) is 12.7. The highest BCUT2D eigenvalue weighted by Gasteiger charge is 2.15. The predicted molar refractivity (Wildman–Crippen MR) is 86.6 cm³/mol. The summed E-state index contributed by atoms with van der Waals surface area (Å²) in [5.74, 6) is 0.775. The van der Waals surface area contributed by atoms with Crippen LogP contribution in [0.1, 0.15) is 20.3 Å². The van der Waals surface area contributed by atoms with Gasteiger partial charge in [0.1, 0.15) is 5.75 Å². The lowest BCUT2D eigenvalue weighted by atomic mass is 10.1. The molecule has 0 spiro atoms. The number of hydrogen-bond acceptors (Lipinski definition) is 4. The molecule has 0 saturated heterocycles. The van der Waals surface area contributed by atoms with Gasteiger partial charge in [-0.15, -0.1) is 0 Å². The predicted octanol–water partition coefficient (Wildman–Crippen LogP) is 2.29. The number of aliphatic hydroxyl groups excluding tert-OH is 1. The lowest BCUT2D eigenvalue weighted by Crippen LogP contribution is -2.30. The van der Waals surface area contributed by atoms with Crippen molar-refractivity contribution in [3.8, 4) is 5.75 Å². The van der Waals surface area contributed by atoms with Gasteiger partial charge in [-0.3, -0.25) is 0 Å². The van der Waals surface area contributed by atoms with Gasteiger partial charge < -0.3 is 9.84 Å². The van der Waals surface area contributed by atoms with E-state index in [1.54, 1.807) is 18.2 Å². The van der Waals surface area contributed by atoms with E-state index in [4.69, 9.17) is 4.74 Å². The minimum atomic E-state index is -3.61. The van der Waals surface area contributed by atoms with Crippen molar-refractivity contribution in [3.05, 3.63) is 36.4 Å². The normalized spacial score (nSPS) is 13.2. The zero-order valence-corrected chi connectivity index (χ0v) is 13.6. The molecule has 0 radical (unpaired) electrons. The fourth-order valence-corrected chi connectivity index (χ4v) is 3.15. The average Bonchev–Trinajstić information content (AvgIpc) is 2.50. The third-order valence-corrected chi connectivity index (χ3v) is 4.56. The van der Waals surface area contributed by atoms with Crippen LogP contribution in [0, 0.1) is 0 Å². The Hall–Kier alpha value is -1.63. The Balaban J connectivity index is 2.27. The highest BCUT2D eigenvalue weighted by atomic mass is 32.2. The first-order chi connectivity index (χ1) is 10.4. The van der Waals surface area contributed by atoms with Crippen LogP contribution in [0.2, 0.25) is 0 Å². The average molecular weight is 323 g/mol. The molecule has 22 heavy (non-hydrogen) atoms. The van der Waals surface area contributed by atoms with E-state index in [0.717, 1.165) is 22.9 Å². The molecular weight excluding hydrogens is 302 g/mol. The lowest BCUT2D eigenvalue weighted by Gasteiger charge is -2.10. The van der Waals surface area contributed by atoms with Crippen LogP contribution in [-0.2, 0) is 10.0 Å². The Labute approximate surface area is 131 Å². The largest absolute Gasteiger partial charge is 0.494 e. The molecule has 2 aromatic rings. The second kappa shape index (κ2) is 7.09. The number of benzene rings is 2. The summed E-state index contributed by atoms with van der Waals surface area (Å²) in [7, 11) is -3.61. The number of rotatable bonds is 7. The number of aliphatic hydroxyl groups is 1. The molecule has 1 atom stereocenters. The van der Waals surface area contributed by atoms with E-state index in [-0.39, 0.29) is 11.4 Å². The van der Waals surface area contributed by atoms with Crippen molar-refractivity contribution in [2.45, 2.75) is 31.3 Å². The van der Waals surface area contributed by atoms with E-state index in [1.165, 1.54) is 6.92 Å². The van der Waals surface area contributed by atoms with Crippen LogP contribution in [0.3, 0.4) is 0 Å². The number of fused-ring (bicyclic) bond motifs is 1. The van der Waals surface area contributed by atoms with Gasteiger partial charge in [0.15, 0.2) is 0 Å². The van der Waals surface area contributed by atoms with Crippen molar-refractivity contribution in [2.24, 2.45) is 0 Å². The molecule has 0 bridgehead atoms. The molecule has 0 aliphatic rings. The molecular formula is C16H21NO4S. The van der Waals surface area contributed by atoms with Gasteiger partial charge in [0.2, 0.25) is 10.0 Å². The van der Waals surface area contributed by atoms with E-state index < -0.39 is 16.1 Å². The number of nitrogens with one attached hydrogen (secondary N) is 1. The summed E-state index contributed by atoms with van der Waals surface area (Å²) in [4.78, 5) is 0.183. The van der Waals surface area contributed by atoms with E-state index in [1.807, 2.05) is 25.1 Å². The Morgan fingerprint density at radius 3 is 2.55 bits per heavy atom. The molecule has 2 aromatic carbocycles. The smallest absolute Gasteiger partial charge is 0.240 e. The van der Waals surface area contributed by atoms with Crippen LogP contribution in [0.25, 0.3) is 10.8 Å². The summed E-state index contributed by atoms with van der Waals surface area (Å²) in [6, 6.07) is 10.5. The minimum Gasteiger partial charge on any atom is -0.494 e. The topological polar surface area (TPSA) is 75.6 Å². The molecule has 0 amide bonds. The molecule has 5 nitrogen and oxygen atoms in total. The summed E-state index contributed by atoms with van der Waals surface area (Å²) in [6.07, 6.45) is 0.206. The van der Waals surface area contributed by atoms with Gasteiger partial charge in [0.05, 0.1) is 17.6 Å². The number of hydrogen-bond donors (Lipinski definition) is 2. The lowest BCUT2D eigenvalue weighted by molar-refractivity contribution is 0.198. The first kappa shape index (κ1) is 16.7. The Morgan fingerprint density at radius 2 is 1.86 bits per heavy atom. The van der Waals surface area contributed by atoms with Crippen molar-refractivity contribution in [1.29, 1.82) is 0 Å². The van der Waals surface area contributed by atoms with E-state index in [2.05, 4.69) is 4.72 Å². The van der Waals surface area contributed by atoms with Gasteiger partial charge in [-0.1, -0.05) is 19.1 Å². The SMILES string of the molecule is CCCOc1ccc2cc(S(=O)(=O)NCC(C)O)ccc2c1. The van der Waals surface area contributed by atoms with Crippen molar-refractivity contribution < 1.29 is 18.3 Å². The zero-order chi connectivity index (χ0) is 16.2. The molecule has 1 unspecified atom stereocenters. The molecule has 0 aliphatic heterocycles. The molecule has 2 N–H and O–H groups in total. The molecule has 0 fully saturated rings. The van der Waals surface area contributed by atoms with Crippen LogP contribution in [0.5, 0.6) is 5.75 Å². The molecule has 0 saturated carbocycles. The summed E-state index contributed by atoms with van der Waals surface area (Å²) in [5, 5.41) is 10.9. The molecule has 6 heteroatoms. The Bertz CT molecular complexity index is 741.